The molecule has 0 amide bonds. The van der Waals surface area contributed by atoms with Crippen LogP contribution in [0.15, 0.2) is 15.8 Å². The summed E-state index contributed by atoms with van der Waals surface area (Å²) in [7, 11) is 0. The Hall–Kier alpha value is -1.40. The molecular formula is C13H23N3O3. The van der Waals surface area contributed by atoms with Gasteiger partial charge >= 0.3 is 5.69 Å². The van der Waals surface area contributed by atoms with Gasteiger partial charge < -0.3 is 10.1 Å². The van der Waals surface area contributed by atoms with E-state index in [0.29, 0.717) is 25.1 Å². The molecule has 0 unspecified atom stereocenters. The predicted molar refractivity (Wildman–Crippen MR) is 74.7 cm³/mol. The van der Waals surface area contributed by atoms with Crippen molar-refractivity contribution in [1.82, 2.24) is 14.9 Å². The van der Waals surface area contributed by atoms with Crippen molar-refractivity contribution in [2.24, 2.45) is 0 Å². The Morgan fingerprint density at radius 3 is 2.79 bits per heavy atom. The fourth-order valence-corrected chi connectivity index (χ4v) is 1.74. The van der Waals surface area contributed by atoms with Gasteiger partial charge in [0.05, 0.1) is 0 Å². The zero-order valence-corrected chi connectivity index (χ0v) is 11.7. The average Bonchev–Trinajstić information content (AvgIpc) is 2.40. The molecule has 0 radical (unpaired) electrons. The van der Waals surface area contributed by atoms with Gasteiger partial charge in [-0.2, -0.15) is 0 Å². The van der Waals surface area contributed by atoms with Gasteiger partial charge in [-0.3, -0.25) is 14.3 Å². The fourth-order valence-electron chi connectivity index (χ4n) is 1.74. The van der Waals surface area contributed by atoms with E-state index in [1.807, 2.05) is 13.8 Å². The maximum Gasteiger partial charge on any atom is 0.328 e. The van der Waals surface area contributed by atoms with E-state index in [1.54, 1.807) is 6.20 Å². The minimum absolute atomic E-state index is 0.284. The lowest BCUT2D eigenvalue weighted by Gasteiger charge is -2.08. The average molecular weight is 269 g/mol. The van der Waals surface area contributed by atoms with Crippen LogP contribution in [0.1, 0.15) is 25.8 Å². The number of nitrogens with one attached hydrogen (secondary N) is 2. The van der Waals surface area contributed by atoms with Gasteiger partial charge in [-0.15, -0.1) is 0 Å². The van der Waals surface area contributed by atoms with E-state index in [4.69, 9.17) is 4.74 Å². The summed E-state index contributed by atoms with van der Waals surface area (Å²) in [5.41, 5.74) is 0.00249. The van der Waals surface area contributed by atoms with Crippen molar-refractivity contribution in [3.63, 3.8) is 0 Å². The standard InChI is InChI=1S/C13H23N3O3/c1-3-11-10-16(13(18)15-12(11)17)8-7-14-6-5-9-19-4-2/h10,14H,3-9H2,1-2H3,(H,15,17,18). The predicted octanol–water partition coefficient (Wildman–Crippen LogP) is 0.115. The minimum atomic E-state index is -0.349. The number of ether oxygens (including phenoxy) is 1. The number of aromatic nitrogens is 2. The van der Waals surface area contributed by atoms with E-state index >= 15 is 0 Å². The molecule has 0 aromatic carbocycles. The summed E-state index contributed by atoms with van der Waals surface area (Å²) in [6, 6.07) is 0. The molecule has 0 fully saturated rings. The number of rotatable bonds is 9. The molecule has 1 aromatic rings. The van der Waals surface area contributed by atoms with Gasteiger partial charge in [-0.25, -0.2) is 4.79 Å². The van der Waals surface area contributed by atoms with Crippen molar-refractivity contribution in [2.45, 2.75) is 33.2 Å². The quantitative estimate of drug-likeness (QED) is 0.624. The highest BCUT2D eigenvalue weighted by Gasteiger charge is 2.02. The lowest BCUT2D eigenvalue weighted by molar-refractivity contribution is 0.145. The van der Waals surface area contributed by atoms with Crippen LogP contribution in [-0.4, -0.2) is 35.9 Å². The van der Waals surface area contributed by atoms with Crippen molar-refractivity contribution >= 4 is 0 Å². The first-order valence-electron chi connectivity index (χ1n) is 6.80. The molecule has 0 saturated heterocycles. The third-order valence-corrected chi connectivity index (χ3v) is 2.84. The van der Waals surface area contributed by atoms with Crippen LogP contribution in [0.2, 0.25) is 0 Å². The molecule has 1 rings (SSSR count). The molecule has 0 atom stereocenters. The first kappa shape index (κ1) is 15.7. The van der Waals surface area contributed by atoms with Gasteiger partial charge in [0.25, 0.3) is 5.56 Å². The lowest BCUT2D eigenvalue weighted by Crippen LogP contribution is -2.34. The molecule has 0 spiro atoms. The van der Waals surface area contributed by atoms with Gasteiger partial charge in [0.1, 0.15) is 0 Å². The largest absolute Gasteiger partial charge is 0.382 e. The maximum absolute atomic E-state index is 11.6. The summed E-state index contributed by atoms with van der Waals surface area (Å²) >= 11 is 0. The van der Waals surface area contributed by atoms with E-state index in [1.165, 1.54) is 4.57 Å². The van der Waals surface area contributed by atoms with Crippen molar-refractivity contribution in [3.05, 3.63) is 32.6 Å². The van der Waals surface area contributed by atoms with E-state index in [0.717, 1.165) is 26.2 Å². The van der Waals surface area contributed by atoms with Crippen LogP contribution in [0.4, 0.5) is 0 Å². The highest BCUT2D eigenvalue weighted by atomic mass is 16.5. The zero-order valence-electron chi connectivity index (χ0n) is 11.7. The second-order valence-corrected chi connectivity index (χ2v) is 4.26. The van der Waals surface area contributed by atoms with Crippen LogP contribution in [0.3, 0.4) is 0 Å². The molecule has 108 valence electrons. The molecule has 0 bridgehead atoms. The molecule has 0 aliphatic rings. The first-order valence-corrected chi connectivity index (χ1v) is 6.80. The Labute approximate surface area is 112 Å². The Kier molecular flexibility index (Phi) is 7.14. The number of nitrogens with zero attached hydrogens (tertiary/aromatic N) is 1. The molecule has 6 nitrogen and oxygen atoms in total. The van der Waals surface area contributed by atoms with Crippen molar-refractivity contribution in [3.8, 4) is 0 Å². The van der Waals surface area contributed by atoms with Crippen LogP contribution >= 0.6 is 0 Å². The number of hydrogen-bond donors (Lipinski definition) is 2. The molecule has 0 aliphatic heterocycles. The van der Waals surface area contributed by atoms with E-state index in [-0.39, 0.29) is 11.2 Å². The Bertz CT molecular complexity index is 479. The normalized spacial score (nSPS) is 10.8. The second kappa shape index (κ2) is 8.66. The highest BCUT2D eigenvalue weighted by Crippen LogP contribution is 1.88. The number of H-pyrrole nitrogens is 1. The van der Waals surface area contributed by atoms with E-state index < -0.39 is 0 Å². The van der Waals surface area contributed by atoms with Crippen molar-refractivity contribution in [1.29, 1.82) is 0 Å². The van der Waals surface area contributed by atoms with Crippen molar-refractivity contribution < 1.29 is 4.74 Å². The van der Waals surface area contributed by atoms with Crippen LogP contribution in [0.5, 0.6) is 0 Å². The highest BCUT2D eigenvalue weighted by molar-refractivity contribution is 5.03. The SMILES string of the molecule is CCOCCCNCCn1cc(CC)c(=O)[nH]c1=O. The molecule has 19 heavy (non-hydrogen) atoms. The summed E-state index contributed by atoms with van der Waals surface area (Å²) in [4.78, 5) is 25.3. The molecule has 0 aliphatic carbocycles. The van der Waals surface area contributed by atoms with E-state index in [9.17, 15) is 9.59 Å². The Morgan fingerprint density at radius 2 is 2.11 bits per heavy atom. The van der Waals surface area contributed by atoms with Gasteiger partial charge in [0.15, 0.2) is 0 Å². The van der Waals surface area contributed by atoms with Crippen LogP contribution in [0.25, 0.3) is 0 Å². The second-order valence-electron chi connectivity index (χ2n) is 4.26. The summed E-state index contributed by atoms with van der Waals surface area (Å²) in [6.07, 6.45) is 3.22. The third kappa shape index (κ3) is 5.40. The summed E-state index contributed by atoms with van der Waals surface area (Å²) in [5, 5.41) is 3.24. The van der Waals surface area contributed by atoms with Gasteiger partial charge in [0.2, 0.25) is 0 Å². The van der Waals surface area contributed by atoms with Gasteiger partial charge in [-0.1, -0.05) is 6.92 Å². The molecular weight excluding hydrogens is 246 g/mol. The number of hydrogen-bond acceptors (Lipinski definition) is 4. The van der Waals surface area contributed by atoms with E-state index in [2.05, 4.69) is 10.3 Å². The maximum atomic E-state index is 11.6. The monoisotopic (exact) mass is 269 g/mol. The Balaban J connectivity index is 2.37. The topological polar surface area (TPSA) is 76.1 Å². The van der Waals surface area contributed by atoms with Gasteiger partial charge in [-0.05, 0) is 26.3 Å². The van der Waals surface area contributed by atoms with Crippen LogP contribution in [-0.2, 0) is 17.7 Å². The molecule has 0 saturated carbocycles. The lowest BCUT2D eigenvalue weighted by atomic mass is 10.3. The smallest absolute Gasteiger partial charge is 0.328 e. The molecule has 2 N–H and O–H groups in total. The van der Waals surface area contributed by atoms with Gasteiger partial charge in [0, 0.05) is 38.1 Å². The Morgan fingerprint density at radius 1 is 1.32 bits per heavy atom. The van der Waals surface area contributed by atoms with Crippen LogP contribution < -0.4 is 16.6 Å². The number of aryl methyl sites for hydroxylation is 1. The first-order chi connectivity index (χ1) is 9.19. The molecule has 6 heteroatoms. The zero-order chi connectivity index (χ0) is 14.1. The molecule has 1 heterocycles. The summed E-state index contributed by atoms with van der Waals surface area (Å²) in [6.45, 7) is 7.47. The number of aromatic amines is 1. The van der Waals surface area contributed by atoms with Crippen molar-refractivity contribution in [2.75, 3.05) is 26.3 Å². The summed E-state index contributed by atoms with van der Waals surface area (Å²) in [5.74, 6) is 0. The minimum Gasteiger partial charge on any atom is -0.382 e. The summed E-state index contributed by atoms with van der Waals surface area (Å²) < 4.78 is 6.76. The third-order valence-electron chi connectivity index (χ3n) is 2.84. The fraction of sp³-hybridized carbons (Fsp3) is 0.692. The molecule has 1 aromatic heterocycles. The van der Waals surface area contributed by atoms with Crippen LogP contribution in [0, 0.1) is 0 Å².